The topological polar surface area (TPSA) is 81.7 Å². The number of amides is 2. The second-order valence-electron chi connectivity index (χ2n) is 6.96. The average Bonchev–Trinajstić information content (AvgIpc) is 3.02. The molecule has 2 aliphatic rings. The normalized spacial score (nSPS) is 26.7. The summed E-state index contributed by atoms with van der Waals surface area (Å²) in [4.78, 5) is 25.9. The standard InChI is InChI=1S/C18H25N3O3/c1-11(2)13-5-3-12(4-6-13)8-19-14-7-16-17(23)20-15(10-22)18(24)21(16)9-14/h3-6,11,14-16,19,22H,7-10H2,1-2H3,(H,20,23)/t14-,15+,16-/m0/s1. The van der Waals surface area contributed by atoms with E-state index in [0.29, 0.717) is 25.4 Å². The molecule has 2 aliphatic heterocycles. The smallest absolute Gasteiger partial charge is 0.248 e. The van der Waals surface area contributed by atoms with Crippen molar-refractivity contribution in [3.8, 4) is 0 Å². The van der Waals surface area contributed by atoms with Gasteiger partial charge in [-0.2, -0.15) is 0 Å². The Morgan fingerprint density at radius 3 is 2.62 bits per heavy atom. The molecule has 3 atom stereocenters. The average molecular weight is 331 g/mol. The molecule has 2 heterocycles. The number of nitrogens with one attached hydrogen (secondary N) is 2. The number of carbonyl (C=O) groups excluding carboxylic acids is 2. The number of hydrogen-bond acceptors (Lipinski definition) is 4. The van der Waals surface area contributed by atoms with Gasteiger partial charge in [-0.1, -0.05) is 38.1 Å². The van der Waals surface area contributed by atoms with Crippen molar-refractivity contribution in [2.45, 2.75) is 50.9 Å². The summed E-state index contributed by atoms with van der Waals surface area (Å²) in [6, 6.07) is 7.39. The maximum absolute atomic E-state index is 12.2. The van der Waals surface area contributed by atoms with E-state index in [2.05, 4.69) is 48.7 Å². The summed E-state index contributed by atoms with van der Waals surface area (Å²) in [5.41, 5.74) is 2.50. The molecule has 0 unspecified atom stereocenters. The van der Waals surface area contributed by atoms with E-state index >= 15 is 0 Å². The number of piperazine rings is 1. The molecule has 2 fully saturated rings. The number of aliphatic hydroxyl groups excluding tert-OH is 1. The van der Waals surface area contributed by atoms with Gasteiger partial charge in [0.1, 0.15) is 12.1 Å². The molecule has 3 N–H and O–H groups in total. The lowest BCUT2D eigenvalue weighted by atomic mass is 10.0. The fourth-order valence-corrected chi connectivity index (χ4v) is 3.41. The van der Waals surface area contributed by atoms with E-state index in [4.69, 9.17) is 0 Å². The van der Waals surface area contributed by atoms with Gasteiger partial charge in [-0.25, -0.2) is 0 Å². The molecule has 6 nitrogen and oxygen atoms in total. The number of benzene rings is 1. The Morgan fingerprint density at radius 2 is 2.00 bits per heavy atom. The predicted molar refractivity (Wildman–Crippen MR) is 90.3 cm³/mol. The van der Waals surface area contributed by atoms with E-state index in [0.717, 1.165) is 0 Å². The minimum Gasteiger partial charge on any atom is -0.394 e. The third kappa shape index (κ3) is 3.30. The minimum atomic E-state index is -0.795. The Kier molecular flexibility index (Phi) is 4.87. The molecule has 130 valence electrons. The third-order valence-electron chi connectivity index (χ3n) is 4.93. The van der Waals surface area contributed by atoms with Crippen LogP contribution in [0.4, 0.5) is 0 Å². The highest BCUT2D eigenvalue weighted by Gasteiger charge is 2.45. The zero-order chi connectivity index (χ0) is 17.3. The van der Waals surface area contributed by atoms with Crippen LogP contribution in [0.1, 0.15) is 37.3 Å². The van der Waals surface area contributed by atoms with Crippen LogP contribution in [-0.4, -0.2) is 53.1 Å². The van der Waals surface area contributed by atoms with Gasteiger partial charge in [-0.15, -0.1) is 0 Å². The molecule has 0 radical (unpaired) electrons. The zero-order valence-electron chi connectivity index (χ0n) is 14.2. The van der Waals surface area contributed by atoms with Crippen molar-refractivity contribution in [1.29, 1.82) is 0 Å². The summed E-state index contributed by atoms with van der Waals surface area (Å²) in [7, 11) is 0. The van der Waals surface area contributed by atoms with E-state index in [1.807, 2.05) is 0 Å². The van der Waals surface area contributed by atoms with Gasteiger partial charge in [0.2, 0.25) is 11.8 Å². The maximum atomic E-state index is 12.2. The molecular formula is C18H25N3O3. The molecule has 0 aliphatic carbocycles. The van der Waals surface area contributed by atoms with Crippen LogP contribution in [0.5, 0.6) is 0 Å². The van der Waals surface area contributed by atoms with Gasteiger partial charge in [0.25, 0.3) is 0 Å². The SMILES string of the molecule is CC(C)c1ccc(CN[C@H]2C[C@H]3C(=O)N[C@H](CO)C(=O)N3C2)cc1. The first-order valence-corrected chi connectivity index (χ1v) is 8.53. The molecule has 1 aromatic carbocycles. The molecule has 0 aromatic heterocycles. The molecule has 0 saturated carbocycles. The molecule has 2 saturated heterocycles. The monoisotopic (exact) mass is 331 g/mol. The number of hydrogen-bond donors (Lipinski definition) is 3. The molecule has 1 aromatic rings. The summed E-state index contributed by atoms with van der Waals surface area (Å²) >= 11 is 0. The fraction of sp³-hybridized carbons (Fsp3) is 0.556. The first-order chi connectivity index (χ1) is 11.5. The van der Waals surface area contributed by atoms with Gasteiger partial charge in [-0.3, -0.25) is 9.59 Å². The van der Waals surface area contributed by atoms with E-state index < -0.39 is 12.1 Å². The molecule has 3 rings (SSSR count). The predicted octanol–water partition coefficient (Wildman–Crippen LogP) is 0.360. The number of rotatable bonds is 5. The highest BCUT2D eigenvalue weighted by Crippen LogP contribution is 2.23. The Bertz CT molecular complexity index is 614. The van der Waals surface area contributed by atoms with Crippen LogP contribution in [0.15, 0.2) is 24.3 Å². The first-order valence-electron chi connectivity index (χ1n) is 8.53. The number of fused-ring (bicyclic) bond motifs is 1. The van der Waals surface area contributed by atoms with Crippen LogP contribution >= 0.6 is 0 Å². The number of nitrogens with zero attached hydrogens (tertiary/aromatic N) is 1. The van der Waals surface area contributed by atoms with Gasteiger partial charge < -0.3 is 20.6 Å². The van der Waals surface area contributed by atoms with Gasteiger partial charge in [0.05, 0.1) is 6.61 Å². The Morgan fingerprint density at radius 1 is 1.29 bits per heavy atom. The maximum Gasteiger partial charge on any atom is 0.248 e. The van der Waals surface area contributed by atoms with Crippen molar-refractivity contribution >= 4 is 11.8 Å². The van der Waals surface area contributed by atoms with Crippen LogP contribution in [0, 0.1) is 0 Å². The summed E-state index contributed by atoms with van der Waals surface area (Å²) in [5.74, 6) is 0.161. The van der Waals surface area contributed by atoms with E-state index in [1.165, 1.54) is 11.1 Å². The van der Waals surface area contributed by atoms with Crippen molar-refractivity contribution in [1.82, 2.24) is 15.5 Å². The zero-order valence-corrected chi connectivity index (χ0v) is 14.2. The summed E-state index contributed by atoms with van der Waals surface area (Å²) in [6.07, 6.45) is 0.611. The van der Waals surface area contributed by atoms with E-state index in [-0.39, 0.29) is 24.5 Å². The van der Waals surface area contributed by atoms with Crippen LogP contribution in [-0.2, 0) is 16.1 Å². The third-order valence-corrected chi connectivity index (χ3v) is 4.93. The lowest BCUT2D eigenvalue weighted by Gasteiger charge is -2.33. The Labute approximate surface area is 142 Å². The summed E-state index contributed by atoms with van der Waals surface area (Å²) in [6.45, 7) is 5.21. The molecule has 6 heteroatoms. The largest absolute Gasteiger partial charge is 0.394 e. The fourth-order valence-electron chi connectivity index (χ4n) is 3.41. The minimum absolute atomic E-state index is 0.0897. The lowest BCUT2D eigenvalue weighted by Crippen LogP contribution is -2.62. The highest BCUT2D eigenvalue weighted by atomic mass is 16.3. The molecule has 0 spiro atoms. The lowest BCUT2D eigenvalue weighted by molar-refractivity contribution is -0.148. The quantitative estimate of drug-likeness (QED) is 0.728. The molecule has 0 bridgehead atoms. The Balaban J connectivity index is 1.58. The van der Waals surface area contributed by atoms with Gasteiger partial charge in [0, 0.05) is 19.1 Å². The van der Waals surface area contributed by atoms with Crippen molar-refractivity contribution in [2.75, 3.05) is 13.2 Å². The molecular weight excluding hydrogens is 306 g/mol. The van der Waals surface area contributed by atoms with Crippen LogP contribution in [0.2, 0.25) is 0 Å². The van der Waals surface area contributed by atoms with Crippen molar-refractivity contribution < 1.29 is 14.7 Å². The van der Waals surface area contributed by atoms with Crippen molar-refractivity contribution in [3.05, 3.63) is 35.4 Å². The van der Waals surface area contributed by atoms with E-state index in [1.54, 1.807) is 4.90 Å². The van der Waals surface area contributed by atoms with Crippen LogP contribution in [0.3, 0.4) is 0 Å². The van der Waals surface area contributed by atoms with Crippen molar-refractivity contribution in [2.24, 2.45) is 0 Å². The summed E-state index contributed by atoms with van der Waals surface area (Å²) < 4.78 is 0. The first kappa shape index (κ1) is 16.9. The highest BCUT2D eigenvalue weighted by molar-refractivity contribution is 5.97. The van der Waals surface area contributed by atoms with Gasteiger partial charge >= 0.3 is 0 Å². The second-order valence-corrected chi connectivity index (χ2v) is 6.96. The van der Waals surface area contributed by atoms with Crippen LogP contribution < -0.4 is 10.6 Å². The van der Waals surface area contributed by atoms with Gasteiger partial charge in [0.15, 0.2) is 0 Å². The van der Waals surface area contributed by atoms with E-state index in [9.17, 15) is 14.7 Å². The number of carbonyl (C=O) groups is 2. The molecule has 2 amide bonds. The number of aliphatic hydroxyl groups is 1. The second kappa shape index (κ2) is 6.91. The molecule has 24 heavy (non-hydrogen) atoms. The van der Waals surface area contributed by atoms with Gasteiger partial charge in [-0.05, 0) is 23.5 Å². The summed E-state index contributed by atoms with van der Waals surface area (Å²) in [5, 5.41) is 15.2. The van der Waals surface area contributed by atoms with Crippen molar-refractivity contribution in [3.63, 3.8) is 0 Å². The Hall–Kier alpha value is -1.92. The van der Waals surface area contributed by atoms with Crippen LogP contribution in [0.25, 0.3) is 0 Å².